The number of fused-ring (bicyclic) bond motifs is 1. The summed E-state index contributed by atoms with van der Waals surface area (Å²) in [6.45, 7) is 3.88. The minimum absolute atomic E-state index is 0.101. The zero-order chi connectivity index (χ0) is 13.2. The van der Waals surface area contributed by atoms with Gasteiger partial charge in [-0.25, -0.2) is 9.38 Å². The van der Waals surface area contributed by atoms with E-state index < -0.39 is 11.5 Å². The molecule has 0 aromatic heterocycles. The SMILES string of the molecule is CCCCCC1(C)N=C(O)c2cccc(F)c2O1. The van der Waals surface area contributed by atoms with Crippen LogP contribution >= 0.6 is 0 Å². The molecule has 1 heterocycles. The predicted octanol–water partition coefficient (Wildman–Crippen LogP) is 3.82. The molecule has 1 unspecified atom stereocenters. The highest BCUT2D eigenvalue weighted by Crippen LogP contribution is 2.34. The first-order chi connectivity index (χ1) is 8.56. The quantitative estimate of drug-likeness (QED) is 0.826. The Balaban J connectivity index is 2.25. The summed E-state index contributed by atoms with van der Waals surface area (Å²) in [6.07, 6.45) is 3.77. The average molecular weight is 251 g/mol. The van der Waals surface area contributed by atoms with Crippen molar-refractivity contribution < 1.29 is 14.2 Å². The highest BCUT2D eigenvalue weighted by Gasteiger charge is 2.33. The summed E-state index contributed by atoms with van der Waals surface area (Å²) in [4.78, 5) is 4.15. The largest absolute Gasteiger partial charge is 0.493 e. The van der Waals surface area contributed by atoms with Gasteiger partial charge in [0.2, 0.25) is 11.6 Å². The van der Waals surface area contributed by atoms with Crippen molar-refractivity contribution in [2.45, 2.75) is 45.3 Å². The molecule has 0 saturated heterocycles. The van der Waals surface area contributed by atoms with Gasteiger partial charge in [-0.1, -0.05) is 25.8 Å². The van der Waals surface area contributed by atoms with Gasteiger partial charge in [-0.2, -0.15) is 0 Å². The van der Waals surface area contributed by atoms with Crippen LogP contribution in [0, 0.1) is 5.82 Å². The lowest BCUT2D eigenvalue weighted by Gasteiger charge is -2.31. The number of benzene rings is 1. The van der Waals surface area contributed by atoms with Crippen LogP contribution in [-0.4, -0.2) is 16.7 Å². The number of para-hydroxylation sites is 1. The Morgan fingerprint density at radius 3 is 2.89 bits per heavy atom. The predicted molar refractivity (Wildman–Crippen MR) is 68.7 cm³/mol. The van der Waals surface area contributed by atoms with E-state index >= 15 is 0 Å². The summed E-state index contributed by atoms with van der Waals surface area (Å²) in [7, 11) is 0. The second-order valence-electron chi connectivity index (χ2n) is 4.79. The third-order valence-corrected chi connectivity index (χ3v) is 3.12. The van der Waals surface area contributed by atoms with E-state index in [1.54, 1.807) is 13.0 Å². The molecule has 3 nitrogen and oxygen atoms in total. The summed E-state index contributed by atoms with van der Waals surface area (Å²) < 4.78 is 19.3. The molecule has 0 spiro atoms. The Bertz CT molecular complexity index is 473. The Morgan fingerprint density at radius 2 is 2.17 bits per heavy atom. The number of aliphatic hydroxyl groups excluding tert-OH is 1. The summed E-state index contributed by atoms with van der Waals surface area (Å²) in [6, 6.07) is 4.45. The summed E-state index contributed by atoms with van der Waals surface area (Å²) >= 11 is 0. The van der Waals surface area contributed by atoms with Crippen molar-refractivity contribution in [1.29, 1.82) is 0 Å². The normalized spacial score (nSPS) is 22.1. The highest BCUT2D eigenvalue weighted by atomic mass is 19.1. The lowest BCUT2D eigenvalue weighted by atomic mass is 10.0. The van der Waals surface area contributed by atoms with E-state index in [4.69, 9.17) is 4.74 Å². The van der Waals surface area contributed by atoms with Crippen LogP contribution in [0.25, 0.3) is 0 Å². The first-order valence-corrected chi connectivity index (χ1v) is 6.32. The molecule has 0 saturated carbocycles. The Morgan fingerprint density at radius 1 is 1.39 bits per heavy atom. The molecule has 0 amide bonds. The molecule has 1 aliphatic rings. The molecular weight excluding hydrogens is 233 g/mol. The zero-order valence-electron chi connectivity index (χ0n) is 10.7. The fourth-order valence-corrected chi connectivity index (χ4v) is 2.13. The molecule has 4 heteroatoms. The van der Waals surface area contributed by atoms with Crippen LogP contribution in [0.4, 0.5) is 4.39 Å². The molecule has 18 heavy (non-hydrogen) atoms. The van der Waals surface area contributed by atoms with Crippen molar-refractivity contribution >= 4 is 5.90 Å². The number of aliphatic imine (C=N–C) groups is 1. The van der Waals surface area contributed by atoms with E-state index in [-0.39, 0.29) is 11.6 Å². The summed E-state index contributed by atoms with van der Waals surface area (Å²) in [5.41, 5.74) is -0.544. The maximum absolute atomic E-state index is 13.7. The van der Waals surface area contributed by atoms with E-state index in [2.05, 4.69) is 11.9 Å². The van der Waals surface area contributed by atoms with E-state index in [0.29, 0.717) is 12.0 Å². The number of aliphatic hydroxyl groups is 1. The van der Waals surface area contributed by atoms with Crippen LogP contribution in [0.5, 0.6) is 5.75 Å². The number of hydrogen-bond acceptors (Lipinski definition) is 2. The maximum atomic E-state index is 13.7. The van der Waals surface area contributed by atoms with Gasteiger partial charge >= 0.3 is 0 Å². The van der Waals surface area contributed by atoms with Crippen LogP contribution < -0.4 is 4.74 Å². The van der Waals surface area contributed by atoms with Gasteiger partial charge in [-0.15, -0.1) is 0 Å². The molecule has 1 N–H and O–H groups in total. The van der Waals surface area contributed by atoms with Crippen molar-refractivity contribution in [1.82, 2.24) is 0 Å². The molecule has 1 atom stereocenters. The molecule has 0 aliphatic carbocycles. The summed E-state index contributed by atoms with van der Waals surface area (Å²) in [5, 5.41) is 9.88. The molecule has 1 aliphatic heterocycles. The fraction of sp³-hybridized carbons (Fsp3) is 0.500. The Hall–Kier alpha value is -1.58. The van der Waals surface area contributed by atoms with Gasteiger partial charge in [0.1, 0.15) is 0 Å². The van der Waals surface area contributed by atoms with Crippen LogP contribution in [-0.2, 0) is 0 Å². The zero-order valence-corrected chi connectivity index (χ0v) is 10.7. The number of nitrogens with zero attached hydrogens (tertiary/aromatic N) is 1. The first-order valence-electron chi connectivity index (χ1n) is 6.32. The highest BCUT2D eigenvalue weighted by molar-refractivity contribution is 5.96. The van der Waals surface area contributed by atoms with Gasteiger partial charge in [-0.3, -0.25) is 0 Å². The molecule has 1 aromatic carbocycles. The molecule has 2 rings (SSSR count). The molecule has 0 bridgehead atoms. The molecule has 0 fully saturated rings. The van der Waals surface area contributed by atoms with Crippen molar-refractivity contribution in [3.63, 3.8) is 0 Å². The number of halogens is 1. The van der Waals surface area contributed by atoms with Gasteiger partial charge in [0.25, 0.3) is 0 Å². The van der Waals surface area contributed by atoms with Gasteiger partial charge in [0.05, 0.1) is 5.56 Å². The maximum Gasteiger partial charge on any atom is 0.221 e. The minimum atomic E-state index is -0.867. The fourth-order valence-electron chi connectivity index (χ4n) is 2.13. The second kappa shape index (κ2) is 4.96. The van der Waals surface area contributed by atoms with Gasteiger partial charge in [0.15, 0.2) is 11.6 Å². The molecule has 98 valence electrons. The molecular formula is C14H18FNO2. The molecule has 0 radical (unpaired) electrons. The lowest BCUT2D eigenvalue weighted by molar-refractivity contribution is 0.0731. The first kappa shape index (κ1) is 12.9. The molecule has 1 aromatic rings. The van der Waals surface area contributed by atoms with E-state index in [1.165, 1.54) is 12.1 Å². The number of rotatable bonds is 4. The average Bonchev–Trinajstić information content (AvgIpc) is 2.31. The van der Waals surface area contributed by atoms with Crippen molar-refractivity contribution in [2.24, 2.45) is 4.99 Å². The number of ether oxygens (including phenoxy) is 1. The van der Waals surface area contributed by atoms with Gasteiger partial charge in [-0.05, 0) is 25.5 Å². The Labute approximate surface area is 106 Å². The van der Waals surface area contributed by atoms with Crippen molar-refractivity contribution in [2.75, 3.05) is 0 Å². The topological polar surface area (TPSA) is 41.8 Å². The number of hydrogen-bond donors (Lipinski definition) is 1. The van der Waals surface area contributed by atoms with Crippen LogP contribution in [0.15, 0.2) is 23.2 Å². The second-order valence-corrected chi connectivity index (χ2v) is 4.79. The summed E-state index contributed by atoms with van der Waals surface area (Å²) in [5.74, 6) is -0.505. The standard InChI is InChI=1S/C14H18FNO2/c1-3-4-5-9-14(2)16-13(17)10-7-6-8-11(15)12(10)18-14/h6-8H,3-5,9H2,1-2H3,(H,16,17). The monoisotopic (exact) mass is 251 g/mol. The van der Waals surface area contributed by atoms with Crippen LogP contribution in [0.2, 0.25) is 0 Å². The Kier molecular flexibility index (Phi) is 3.55. The number of unbranched alkanes of at least 4 members (excludes halogenated alkanes) is 2. The third-order valence-electron chi connectivity index (χ3n) is 3.12. The van der Waals surface area contributed by atoms with E-state index in [0.717, 1.165) is 19.3 Å². The van der Waals surface area contributed by atoms with Crippen molar-refractivity contribution in [3.05, 3.63) is 29.6 Å². The lowest BCUT2D eigenvalue weighted by Crippen LogP contribution is -2.36. The smallest absolute Gasteiger partial charge is 0.221 e. The third kappa shape index (κ3) is 2.47. The van der Waals surface area contributed by atoms with Crippen molar-refractivity contribution in [3.8, 4) is 5.75 Å². The van der Waals surface area contributed by atoms with E-state index in [1.807, 2.05) is 0 Å². The minimum Gasteiger partial charge on any atom is -0.493 e. The van der Waals surface area contributed by atoms with E-state index in [9.17, 15) is 9.50 Å². The van der Waals surface area contributed by atoms with Gasteiger partial charge in [0, 0.05) is 6.42 Å². The van der Waals surface area contributed by atoms with Gasteiger partial charge < -0.3 is 9.84 Å². The van der Waals surface area contributed by atoms with Crippen LogP contribution in [0.3, 0.4) is 0 Å². The van der Waals surface area contributed by atoms with Crippen LogP contribution in [0.1, 0.15) is 45.1 Å².